The van der Waals surface area contributed by atoms with E-state index in [4.69, 9.17) is 9.26 Å². The Morgan fingerprint density at radius 1 is 1.04 bits per heavy atom. The molecule has 1 aliphatic rings. The third kappa shape index (κ3) is 2.68. The van der Waals surface area contributed by atoms with Crippen LogP contribution in [0.1, 0.15) is 17.4 Å². The molecule has 0 saturated carbocycles. The highest BCUT2D eigenvalue weighted by atomic mass is 16.5. The number of aromatic nitrogens is 5. The normalized spacial score (nSPS) is 16.4. The van der Waals surface area contributed by atoms with Crippen LogP contribution in [0.25, 0.3) is 23.0 Å². The molecule has 26 heavy (non-hydrogen) atoms. The zero-order chi connectivity index (χ0) is 17.3. The number of fused-ring (bicyclic) bond motifs is 1. The molecule has 1 aromatic carbocycles. The molecule has 0 unspecified atom stereocenters. The molecule has 1 atom stereocenters. The first-order valence-corrected chi connectivity index (χ1v) is 8.34. The highest BCUT2D eigenvalue weighted by Crippen LogP contribution is 2.29. The minimum Gasteiger partial charge on any atom is -0.365 e. The fourth-order valence-corrected chi connectivity index (χ4v) is 3.05. The summed E-state index contributed by atoms with van der Waals surface area (Å²) in [5, 5.41) is 8.67. The van der Waals surface area contributed by atoms with Crippen LogP contribution >= 0.6 is 0 Å². The van der Waals surface area contributed by atoms with Crippen molar-refractivity contribution in [2.45, 2.75) is 19.3 Å². The number of hydrogen-bond acceptors (Lipinski definition) is 6. The van der Waals surface area contributed by atoms with Crippen LogP contribution in [0, 0.1) is 0 Å². The average Bonchev–Trinajstić information content (AvgIpc) is 3.36. The third-order valence-electron chi connectivity index (χ3n) is 4.39. The Morgan fingerprint density at radius 3 is 2.73 bits per heavy atom. The number of ether oxygens (including phenoxy) is 1. The van der Waals surface area contributed by atoms with E-state index >= 15 is 0 Å². The number of hydrogen-bond donors (Lipinski definition) is 0. The van der Waals surface area contributed by atoms with Crippen molar-refractivity contribution >= 4 is 0 Å². The van der Waals surface area contributed by atoms with Gasteiger partial charge in [0.15, 0.2) is 5.69 Å². The van der Waals surface area contributed by atoms with Crippen LogP contribution in [-0.2, 0) is 17.9 Å². The molecule has 0 spiro atoms. The number of benzene rings is 1. The summed E-state index contributed by atoms with van der Waals surface area (Å²) in [4.78, 5) is 8.45. The van der Waals surface area contributed by atoms with E-state index in [9.17, 15) is 0 Å². The fourth-order valence-electron chi connectivity index (χ4n) is 3.05. The maximum absolute atomic E-state index is 5.98. The van der Waals surface area contributed by atoms with E-state index in [1.807, 2.05) is 41.1 Å². The first kappa shape index (κ1) is 15.0. The molecule has 0 saturated heterocycles. The van der Waals surface area contributed by atoms with E-state index in [0.717, 1.165) is 16.8 Å². The second kappa shape index (κ2) is 6.20. The standard InChI is InChI=1S/C19H15N5O2/c1-2-4-13(5-3-1)17-11-24-15(12-25-17)10-16(22-24)19-21-18(23-26-19)14-6-8-20-9-7-14/h1-10,17H,11-12H2/t17-/m1/s1. The van der Waals surface area contributed by atoms with Crippen molar-refractivity contribution < 1.29 is 9.26 Å². The highest BCUT2D eigenvalue weighted by Gasteiger charge is 2.24. The van der Waals surface area contributed by atoms with Gasteiger partial charge in [-0.25, -0.2) is 0 Å². The monoisotopic (exact) mass is 345 g/mol. The van der Waals surface area contributed by atoms with Crippen molar-refractivity contribution in [3.05, 3.63) is 72.2 Å². The van der Waals surface area contributed by atoms with E-state index < -0.39 is 0 Å². The van der Waals surface area contributed by atoms with Crippen LogP contribution in [0.3, 0.4) is 0 Å². The molecule has 4 heterocycles. The summed E-state index contributed by atoms with van der Waals surface area (Å²) in [6.07, 6.45) is 3.38. The van der Waals surface area contributed by atoms with Crippen LogP contribution < -0.4 is 0 Å². The zero-order valence-electron chi connectivity index (χ0n) is 13.8. The lowest BCUT2D eigenvalue weighted by atomic mass is 10.1. The van der Waals surface area contributed by atoms with Gasteiger partial charge in [0.1, 0.15) is 6.10 Å². The van der Waals surface area contributed by atoms with Crippen LogP contribution in [-0.4, -0.2) is 24.9 Å². The fraction of sp³-hybridized carbons (Fsp3) is 0.158. The summed E-state index contributed by atoms with van der Waals surface area (Å²) < 4.78 is 13.3. The molecule has 3 aromatic heterocycles. The minimum atomic E-state index is -0.00786. The summed E-state index contributed by atoms with van der Waals surface area (Å²) in [5.74, 6) is 0.918. The zero-order valence-corrected chi connectivity index (χ0v) is 13.8. The lowest BCUT2D eigenvalue weighted by Crippen LogP contribution is -2.21. The van der Waals surface area contributed by atoms with Crippen LogP contribution in [0.15, 0.2) is 65.4 Å². The van der Waals surface area contributed by atoms with E-state index in [0.29, 0.717) is 30.6 Å². The summed E-state index contributed by atoms with van der Waals surface area (Å²) in [6.45, 7) is 1.16. The van der Waals surface area contributed by atoms with Gasteiger partial charge in [-0.1, -0.05) is 35.5 Å². The van der Waals surface area contributed by atoms with Gasteiger partial charge in [-0.3, -0.25) is 9.67 Å². The summed E-state index contributed by atoms with van der Waals surface area (Å²) in [5.41, 5.74) is 3.65. The van der Waals surface area contributed by atoms with E-state index in [1.165, 1.54) is 0 Å². The molecule has 7 heteroatoms. The van der Waals surface area contributed by atoms with Gasteiger partial charge in [-0.05, 0) is 23.8 Å². The largest absolute Gasteiger partial charge is 0.365 e. The van der Waals surface area contributed by atoms with Crippen LogP contribution in [0.4, 0.5) is 0 Å². The van der Waals surface area contributed by atoms with Crippen molar-refractivity contribution in [2.24, 2.45) is 0 Å². The number of nitrogens with zero attached hydrogens (tertiary/aromatic N) is 5. The Balaban J connectivity index is 1.42. The Kier molecular flexibility index (Phi) is 3.57. The van der Waals surface area contributed by atoms with Gasteiger partial charge in [0.05, 0.1) is 18.8 Å². The smallest absolute Gasteiger partial charge is 0.278 e. The molecular weight excluding hydrogens is 330 g/mol. The summed E-state index contributed by atoms with van der Waals surface area (Å²) in [7, 11) is 0. The topological polar surface area (TPSA) is 78.9 Å². The number of rotatable bonds is 3. The van der Waals surface area contributed by atoms with Crippen molar-refractivity contribution in [1.82, 2.24) is 24.9 Å². The van der Waals surface area contributed by atoms with Crippen LogP contribution in [0.2, 0.25) is 0 Å². The third-order valence-corrected chi connectivity index (χ3v) is 4.39. The molecule has 0 amide bonds. The molecule has 0 N–H and O–H groups in total. The highest BCUT2D eigenvalue weighted by molar-refractivity contribution is 5.57. The van der Waals surface area contributed by atoms with Gasteiger partial charge in [0, 0.05) is 18.0 Å². The minimum absolute atomic E-state index is 0.00786. The van der Waals surface area contributed by atoms with Crippen molar-refractivity contribution in [2.75, 3.05) is 0 Å². The molecule has 0 fully saturated rings. The molecule has 0 radical (unpaired) electrons. The Hall–Kier alpha value is -3.32. The van der Waals surface area contributed by atoms with E-state index in [1.54, 1.807) is 12.4 Å². The maximum Gasteiger partial charge on any atom is 0.278 e. The second-order valence-electron chi connectivity index (χ2n) is 6.07. The lowest BCUT2D eigenvalue weighted by Gasteiger charge is -2.24. The second-order valence-corrected chi connectivity index (χ2v) is 6.07. The van der Waals surface area contributed by atoms with Crippen molar-refractivity contribution in [3.63, 3.8) is 0 Å². The molecule has 5 rings (SSSR count). The molecule has 0 aliphatic carbocycles. The first-order chi connectivity index (χ1) is 12.9. The average molecular weight is 345 g/mol. The Bertz CT molecular complexity index is 1030. The van der Waals surface area contributed by atoms with Gasteiger partial charge in [-0.2, -0.15) is 10.1 Å². The van der Waals surface area contributed by atoms with Gasteiger partial charge < -0.3 is 9.26 Å². The number of pyridine rings is 1. The van der Waals surface area contributed by atoms with Gasteiger partial charge in [0.2, 0.25) is 5.82 Å². The molecule has 4 aromatic rings. The van der Waals surface area contributed by atoms with E-state index in [2.05, 4.69) is 32.4 Å². The van der Waals surface area contributed by atoms with Crippen LogP contribution in [0.5, 0.6) is 0 Å². The molecule has 7 nitrogen and oxygen atoms in total. The Morgan fingerprint density at radius 2 is 1.88 bits per heavy atom. The van der Waals surface area contributed by atoms with E-state index in [-0.39, 0.29) is 6.10 Å². The summed E-state index contributed by atoms with van der Waals surface area (Å²) >= 11 is 0. The molecule has 128 valence electrons. The van der Waals surface area contributed by atoms with Crippen molar-refractivity contribution in [1.29, 1.82) is 0 Å². The SMILES string of the molecule is c1ccc([C@H]2Cn3nc(-c4nc(-c5ccncc5)no4)cc3CO2)cc1. The summed E-state index contributed by atoms with van der Waals surface area (Å²) in [6, 6.07) is 15.8. The quantitative estimate of drug-likeness (QED) is 0.567. The first-order valence-electron chi connectivity index (χ1n) is 8.34. The predicted octanol–water partition coefficient (Wildman–Crippen LogP) is 3.27. The van der Waals surface area contributed by atoms with Gasteiger partial charge in [0.25, 0.3) is 5.89 Å². The van der Waals surface area contributed by atoms with Crippen molar-refractivity contribution in [3.8, 4) is 23.0 Å². The Labute approximate surface area is 149 Å². The van der Waals surface area contributed by atoms with Gasteiger partial charge >= 0.3 is 0 Å². The molecular formula is C19H15N5O2. The maximum atomic E-state index is 5.98. The predicted molar refractivity (Wildman–Crippen MR) is 92.7 cm³/mol. The lowest BCUT2D eigenvalue weighted by molar-refractivity contribution is -0.00113. The molecule has 1 aliphatic heterocycles. The molecule has 0 bridgehead atoms. The van der Waals surface area contributed by atoms with Gasteiger partial charge in [-0.15, -0.1) is 0 Å².